The molecule has 26 heavy (non-hydrogen) atoms. The average molecular weight is 396 g/mol. The average Bonchev–Trinajstić information content (AvgIpc) is 2.86. The minimum Gasteiger partial charge on any atom is -0.491 e. The first-order valence-corrected chi connectivity index (χ1v) is 9.32. The molecular formula is C19H22ClNO4S. The fraction of sp³-hybridized carbons (Fsp3) is 0.368. The van der Waals surface area contributed by atoms with Crippen LogP contribution < -0.4 is 24.2 Å². The standard InChI is InChI=1S/C19H22ClNO4S/c1-6-25-13-8-11(7-12(20)17(13)24-5)9-14-18(23)21-16(26-14)10-15(22)19(2,3)4/h7-10H,6H2,1-5H3,(H,21,23)/b14-9+,16-10+. The van der Waals surface area contributed by atoms with Crippen LogP contribution in [0, 0.1) is 5.41 Å². The quantitative estimate of drug-likeness (QED) is 0.845. The number of rotatable bonds is 5. The lowest BCUT2D eigenvalue weighted by Gasteiger charge is -2.12. The number of benzene rings is 1. The van der Waals surface area contributed by atoms with E-state index in [-0.39, 0.29) is 11.3 Å². The predicted octanol–water partition coefficient (Wildman–Crippen LogP) is 2.72. The molecule has 2 rings (SSSR count). The van der Waals surface area contributed by atoms with Crippen molar-refractivity contribution >= 4 is 40.9 Å². The van der Waals surface area contributed by atoms with Gasteiger partial charge in [0.15, 0.2) is 17.3 Å². The summed E-state index contributed by atoms with van der Waals surface area (Å²) in [7, 11) is 1.52. The van der Waals surface area contributed by atoms with E-state index >= 15 is 0 Å². The monoisotopic (exact) mass is 395 g/mol. The highest BCUT2D eigenvalue weighted by atomic mass is 35.5. The molecule has 0 unspecified atom stereocenters. The number of aromatic amines is 1. The van der Waals surface area contributed by atoms with Crippen LogP contribution in [-0.2, 0) is 4.79 Å². The Morgan fingerprint density at radius 1 is 1.35 bits per heavy atom. The van der Waals surface area contributed by atoms with E-state index in [1.165, 1.54) is 24.5 Å². The Morgan fingerprint density at radius 3 is 2.62 bits per heavy atom. The molecule has 0 aliphatic heterocycles. The number of carbonyl (C=O) groups is 1. The number of ether oxygens (including phenoxy) is 2. The molecule has 0 fully saturated rings. The van der Waals surface area contributed by atoms with E-state index in [0.29, 0.717) is 37.9 Å². The van der Waals surface area contributed by atoms with Crippen LogP contribution in [0.4, 0.5) is 0 Å². The Hall–Kier alpha value is -2.05. The summed E-state index contributed by atoms with van der Waals surface area (Å²) in [5, 5.41) is 0.396. The molecule has 2 aromatic rings. The van der Waals surface area contributed by atoms with Crippen molar-refractivity contribution in [3.8, 4) is 11.5 Å². The maximum atomic E-state index is 12.2. The Balaban J connectivity index is 2.53. The Labute approximate surface area is 160 Å². The largest absolute Gasteiger partial charge is 0.491 e. The summed E-state index contributed by atoms with van der Waals surface area (Å²) in [6.45, 7) is 7.82. The summed E-state index contributed by atoms with van der Waals surface area (Å²) in [6, 6.07) is 3.46. The van der Waals surface area contributed by atoms with Gasteiger partial charge in [0.05, 0.1) is 27.9 Å². The molecular weight excluding hydrogens is 374 g/mol. The van der Waals surface area contributed by atoms with Crippen LogP contribution >= 0.6 is 22.9 Å². The molecule has 1 heterocycles. The number of nitrogens with one attached hydrogen (secondary N) is 1. The van der Waals surface area contributed by atoms with Crippen molar-refractivity contribution in [1.82, 2.24) is 4.98 Å². The number of methoxy groups -OCH3 is 1. The van der Waals surface area contributed by atoms with Gasteiger partial charge in [-0.3, -0.25) is 9.59 Å². The second kappa shape index (κ2) is 8.10. The minimum absolute atomic E-state index is 0.0485. The highest BCUT2D eigenvalue weighted by molar-refractivity contribution is 7.07. The van der Waals surface area contributed by atoms with Crippen molar-refractivity contribution in [1.29, 1.82) is 0 Å². The minimum atomic E-state index is -0.499. The number of aromatic nitrogens is 1. The number of ketones is 1. The molecule has 7 heteroatoms. The molecule has 1 N–H and O–H groups in total. The number of H-pyrrole nitrogens is 1. The van der Waals surface area contributed by atoms with Gasteiger partial charge in [-0.25, -0.2) is 0 Å². The molecule has 1 aromatic carbocycles. The first-order valence-electron chi connectivity index (χ1n) is 8.13. The molecule has 0 aliphatic rings. The zero-order valence-corrected chi connectivity index (χ0v) is 17.0. The van der Waals surface area contributed by atoms with Crippen molar-refractivity contribution in [2.45, 2.75) is 27.7 Å². The lowest BCUT2D eigenvalue weighted by atomic mass is 9.91. The zero-order valence-electron chi connectivity index (χ0n) is 15.4. The van der Waals surface area contributed by atoms with Gasteiger partial charge in [-0.2, -0.15) is 0 Å². The Bertz CT molecular complexity index is 982. The highest BCUT2D eigenvalue weighted by Crippen LogP contribution is 2.36. The van der Waals surface area contributed by atoms with Crippen molar-refractivity contribution in [3.05, 3.63) is 42.3 Å². The van der Waals surface area contributed by atoms with E-state index in [2.05, 4.69) is 4.98 Å². The topological polar surface area (TPSA) is 68.4 Å². The third-order valence-electron chi connectivity index (χ3n) is 3.52. The summed E-state index contributed by atoms with van der Waals surface area (Å²) in [5.41, 5.74) is -0.0474. The van der Waals surface area contributed by atoms with E-state index in [0.717, 1.165) is 0 Å². The maximum absolute atomic E-state index is 12.2. The van der Waals surface area contributed by atoms with Gasteiger partial charge < -0.3 is 14.5 Å². The van der Waals surface area contributed by atoms with Crippen molar-refractivity contribution in [3.63, 3.8) is 0 Å². The van der Waals surface area contributed by atoms with Crippen LogP contribution in [0.3, 0.4) is 0 Å². The third kappa shape index (κ3) is 4.77. The van der Waals surface area contributed by atoms with Crippen LogP contribution in [0.1, 0.15) is 33.3 Å². The van der Waals surface area contributed by atoms with Gasteiger partial charge >= 0.3 is 0 Å². The van der Waals surface area contributed by atoms with E-state index in [1.807, 2.05) is 27.7 Å². The molecule has 0 bridgehead atoms. The maximum Gasteiger partial charge on any atom is 0.266 e. The van der Waals surface area contributed by atoms with E-state index in [1.54, 1.807) is 18.2 Å². The molecule has 140 valence electrons. The molecule has 5 nitrogen and oxygen atoms in total. The number of thiazole rings is 1. The molecule has 0 atom stereocenters. The molecule has 0 saturated carbocycles. The van der Waals surface area contributed by atoms with E-state index in [4.69, 9.17) is 21.1 Å². The van der Waals surface area contributed by atoms with Gasteiger partial charge in [0, 0.05) is 11.5 Å². The van der Waals surface area contributed by atoms with Crippen molar-refractivity contribution in [2.75, 3.05) is 13.7 Å². The molecule has 0 aliphatic carbocycles. The summed E-state index contributed by atoms with van der Waals surface area (Å²) in [6.07, 6.45) is 3.17. The van der Waals surface area contributed by atoms with Crippen LogP contribution in [0.5, 0.6) is 11.5 Å². The normalized spacial score (nSPS) is 13.2. The van der Waals surface area contributed by atoms with Crippen LogP contribution in [0.25, 0.3) is 12.2 Å². The molecule has 0 amide bonds. The van der Waals surface area contributed by atoms with Gasteiger partial charge in [-0.1, -0.05) is 32.4 Å². The van der Waals surface area contributed by atoms with Crippen molar-refractivity contribution in [2.24, 2.45) is 5.41 Å². The van der Waals surface area contributed by atoms with E-state index < -0.39 is 5.41 Å². The molecule has 0 saturated heterocycles. The summed E-state index contributed by atoms with van der Waals surface area (Å²) in [4.78, 5) is 27.0. The highest BCUT2D eigenvalue weighted by Gasteiger charge is 2.18. The van der Waals surface area contributed by atoms with E-state index in [9.17, 15) is 9.59 Å². The molecule has 1 aromatic heterocycles. The predicted molar refractivity (Wildman–Crippen MR) is 106 cm³/mol. The molecule has 0 spiro atoms. The SMILES string of the molecule is CCOc1cc(/C=c2/s/c(=C/C(=O)C(C)(C)C)[nH]c2=O)cc(Cl)c1OC. The second-order valence-electron chi connectivity index (χ2n) is 6.65. The third-order valence-corrected chi connectivity index (χ3v) is 4.76. The van der Waals surface area contributed by atoms with Gasteiger partial charge in [-0.15, -0.1) is 11.3 Å². The number of hydrogen-bond acceptors (Lipinski definition) is 5. The smallest absolute Gasteiger partial charge is 0.266 e. The Morgan fingerprint density at radius 2 is 2.04 bits per heavy atom. The van der Waals surface area contributed by atoms with Crippen molar-refractivity contribution < 1.29 is 14.3 Å². The zero-order chi connectivity index (χ0) is 19.5. The number of hydrogen-bond donors (Lipinski definition) is 1. The van der Waals surface area contributed by atoms with Crippen LogP contribution in [0.15, 0.2) is 16.9 Å². The van der Waals surface area contributed by atoms with Gasteiger partial charge in [0.2, 0.25) is 0 Å². The number of Topliss-reactive ketones (excluding diaryl/α,β-unsaturated/α-hetero) is 1. The lowest BCUT2D eigenvalue weighted by Crippen LogP contribution is -2.22. The van der Waals surface area contributed by atoms with Gasteiger partial charge in [-0.05, 0) is 30.7 Å². The lowest BCUT2D eigenvalue weighted by molar-refractivity contribution is -0.119. The van der Waals surface area contributed by atoms with Gasteiger partial charge in [0.1, 0.15) is 0 Å². The summed E-state index contributed by atoms with van der Waals surface area (Å²) < 4.78 is 11.8. The van der Waals surface area contributed by atoms with Crippen LogP contribution in [0.2, 0.25) is 5.02 Å². The fourth-order valence-electron chi connectivity index (χ4n) is 2.14. The first-order chi connectivity index (χ1) is 12.2. The summed E-state index contributed by atoms with van der Waals surface area (Å²) >= 11 is 7.46. The number of carbonyl (C=O) groups excluding carboxylic acids is 1. The Kier molecular flexibility index (Phi) is 6.31. The van der Waals surface area contributed by atoms with Gasteiger partial charge in [0.25, 0.3) is 5.56 Å². The summed E-state index contributed by atoms with van der Waals surface area (Å²) in [5.74, 6) is 0.916. The molecule has 0 radical (unpaired) electrons. The van der Waals surface area contributed by atoms with Crippen LogP contribution in [-0.4, -0.2) is 24.5 Å². The second-order valence-corrected chi connectivity index (χ2v) is 8.15. The first kappa shape index (κ1) is 20.3. The number of halogens is 1. The fourth-order valence-corrected chi connectivity index (χ4v) is 3.33.